The van der Waals surface area contributed by atoms with E-state index in [-0.39, 0.29) is 29.8 Å². The van der Waals surface area contributed by atoms with E-state index in [1.807, 2.05) is 30.3 Å². The smallest absolute Gasteiger partial charge is 0.188 e. The van der Waals surface area contributed by atoms with E-state index in [0.29, 0.717) is 0 Å². The second kappa shape index (κ2) is 8.80. The van der Waals surface area contributed by atoms with Gasteiger partial charge < -0.3 is 24.1 Å². The Kier molecular flexibility index (Phi) is 6.24. The number of fused-ring (bicyclic) bond motifs is 2. The Bertz CT molecular complexity index is 996. The highest BCUT2D eigenvalue weighted by molar-refractivity contribution is 5.72. The summed E-state index contributed by atoms with van der Waals surface area (Å²) in [4.78, 5) is 0. The molecule has 1 aliphatic carbocycles. The van der Waals surface area contributed by atoms with Gasteiger partial charge in [0, 0.05) is 13.0 Å². The molecule has 0 amide bonds. The third-order valence-corrected chi connectivity index (χ3v) is 7.21. The van der Waals surface area contributed by atoms with Crippen LogP contribution < -0.4 is 14.2 Å². The number of ether oxygens (including phenoxy) is 4. The molecular formula is C27H34O5. The van der Waals surface area contributed by atoms with Crippen LogP contribution in [0.5, 0.6) is 17.2 Å². The topological polar surface area (TPSA) is 57.2 Å². The predicted octanol–water partition coefficient (Wildman–Crippen LogP) is 5.34. The highest BCUT2D eigenvalue weighted by Crippen LogP contribution is 2.54. The summed E-state index contributed by atoms with van der Waals surface area (Å²) in [6.45, 7) is 6.72. The van der Waals surface area contributed by atoms with Crippen molar-refractivity contribution in [3.63, 3.8) is 0 Å². The summed E-state index contributed by atoms with van der Waals surface area (Å²) in [6.07, 6.45) is 6.27. The van der Waals surface area contributed by atoms with Crippen LogP contribution in [0.25, 0.3) is 12.2 Å². The van der Waals surface area contributed by atoms with Gasteiger partial charge in [-0.1, -0.05) is 38.1 Å². The lowest BCUT2D eigenvalue weighted by atomic mass is 9.57. The molecule has 32 heavy (non-hydrogen) atoms. The number of rotatable bonds is 6. The number of aliphatic hydroxyl groups excluding tert-OH is 1. The van der Waals surface area contributed by atoms with Gasteiger partial charge in [-0.25, -0.2) is 0 Å². The van der Waals surface area contributed by atoms with Crippen molar-refractivity contribution < 1.29 is 24.1 Å². The number of hydrogen-bond acceptors (Lipinski definition) is 5. The molecule has 0 saturated heterocycles. The maximum Gasteiger partial charge on any atom is 0.188 e. The van der Waals surface area contributed by atoms with E-state index in [9.17, 15) is 5.11 Å². The minimum Gasteiger partial charge on any atom is -0.493 e. The second-order valence-electron chi connectivity index (χ2n) is 9.72. The maximum absolute atomic E-state index is 10.7. The van der Waals surface area contributed by atoms with Crippen molar-refractivity contribution in [2.75, 3.05) is 21.0 Å². The van der Waals surface area contributed by atoms with Crippen molar-refractivity contribution in [2.45, 2.75) is 51.7 Å². The fourth-order valence-electron chi connectivity index (χ4n) is 5.27. The average Bonchev–Trinajstić information content (AvgIpc) is 2.78. The molecular weight excluding hydrogens is 404 g/mol. The molecule has 1 aliphatic heterocycles. The van der Waals surface area contributed by atoms with Crippen LogP contribution >= 0.6 is 0 Å². The second-order valence-corrected chi connectivity index (χ2v) is 9.72. The van der Waals surface area contributed by atoms with E-state index >= 15 is 0 Å². The van der Waals surface area contributed by atoms with Gasteiger partial charge in [-0.05, 0) is 72.6 Å². The van der Waals surface area contributed by atoms with Crippen LogP contribution in [-0.2, 0) is 11.2 Å². The first-order valence-corrected chi connectivity index (χ1v) is 11.2. The Hall–Kier alpha value is -2.50. The van der Waals surface area contributed by atoms with E-state index < -0.39 is 0 Å². The Morgan fingerprint density at radius 2 is 1.88 bits per heavy atom. The van der Waals surface area contributed by atoms with Crippen LogP contribution in [0, 0.1) is 11.3 Å². The number of benzene rings is 2. The molecule has 5 nitrogen and oxygen atoms in total. The zero-order valence-corrected chi connectivity index (χ0v) is 19.7. The van der Waals surface area contributed by atoms with Gasteiger partial charge in [-0.2, -0.15) is 0 Å². The quantitative estimate of drug-likeness (QED) is 0.487. The number of aliphatic hydroxyl groups is 1. The lowest BCUT2D eigenvalue weighted by Gasteiger charge is -2.55. The third-order valence-electron chi connectivity index (χ3n) is 7.21. The Balaban J connectivity index is 1.64. The third kappa shape index (κ3) is 4.24. The van der Waals surface area contributed by atoms with Crippen molar-refractivity contribution >= 4 is 12.2 Å². The van der Waals surface area contributed by atoms with Crippen molar-refractivity contribution in [3.8, 4) is 17.2 Å². The molecule has 1 N–H and O–H groups in total. The predicted molar refractivity (Wildman–Crippen MR) is 126 cm³/mol. The van der Waals surface area contributed by atoms with Gasteiger partial charge in [0.25, 0.3) is 0 Å². The maximum atomic E-state index is 10.7. The van der Waals surface area contributed by atoms with Gasteiger partial charge in [0.15, 0.2) is 18.3 Å². The molecule has 0 spiro atoms. The van der Waals surface area contributed by atoms with Gasteiger partial charge in [-0.15, -0.1) is 0 Å². The van der Waals surface area contributed by atoms with Crippen LogP contribution in [0.2, 0.25) is 0 Å². The summed E-state index contributed by atoms with van der Waals surface area (Å²) in [5.74, 6) is 2.58. The largest absolute Gasteiger partial charge is 0.493 e. The van der Waals surface area contributed by atoms with Gasteiger partial charge in [-0.3, -0.25) is 0 Å². The van der Waals surface area contributed by atoms with Crippen LogP contribution in [0.4, 0.5) is 0 Å². The molecule has 0 bridgehead atoms. The van der Waals surface area contributed by atoms with E-state index in [2.05, 4.69) is 39.0 Å². The van der Waals surface area contributed by atoms with E-state index in [1.54, 1.807) is 14.2 Å². The minimum absolute atomic E-state index is 0.216. The Labute approximate surface area is 191 Å². The monoisotopic (exact) mass is 438 g/mol. The molecule has 172 valence electrons. The van der Waals surface area contributed by atoms with Crippen LogP contribution in [0.15, 0.2) is 36.4 Å². The summed E-state index contributed by atoms with van der Waals surface area (Å²) in [7, 11) is 3.29. The van der Waals surface area contributed by atoms with Crippen molar-refractivity contribution in [3.05, 3.63) is 53.1 Å². The van der Waals surface area contributed by atoms with Crippen LogP contribution in [0.3, 0.4) is 0 Å². The van der Waals surface area contributed by atoms with Gasteiger partial charge >= 0.3 is 0 Å². The number of methoxy groups -OCH3 is 2. The molecule has 4 rings (SSSR count). The molecule has 1 fully saturated rings. The molecule has 0 unspecified atom stereocenters. The highest BCUT2D eigenvalue weighted by Gasteiger charge is 2.54. The van der Waals surface area contributed by atoms with Crippen LogP contribution in [0.1, 0.15) is 50.3 Å². The molecule has 1 saturated carbocycles. The standard InChI is InChI=1S/C27H34O5/c1-26(2)23-16-20-13-19(10-9-18-7-6-8-21(14-18)31-17-29-4)15-22(30-5)25(20)32-27(23,3)12-11-24(26)28/h6-10,13-15,23-24,28H,11-12,16-17H2,1-5H3/b10-9+/t23-,24-,27-/m1/s1. The molecule has 1 heterocycles. The minimum atomic E-state index is -0.316. The molecule has 2 aliphatic rings. The summed E-state index contributed by atoms with van der Waals surface area (Å²) in [6, 6.07) is 12.1. The molecule has 5 heteroatoms. The van der Waals surface area contributed by atoms with E-state index in [0.717, 1.165) is 53.2 Å². The molecule has 3 atom stereocenters. The summed E-state index contributed by atoms with van der Waals surface area (Å²) < 4.78 is 22.8. The zero-order chi connectivity index (χ0) is 22.9. The Morgan fingerprint density at radius 3 is 2.62 bits per heavy atom. The molecule has 0 aromatic heterocycles. The fourth-order valence-corrected chi connectivity index (χ4v) is 5.27. The SMILES string of the molecule is COCOc1cccc(/C=C/c2cc3c(c(OC)c2)O[C@]2(C)CC[C@@H](O)C(C)(C)[C@H]2C3)c1. The van der Waals surface area contributed by atoms with Gasteiger partial charge in [0.2, 0.25) is 0 Å². The molecule has 0 radical (unpaired) electrons. The van der Waals surface area contributed by atoms with E-state index in [1.165, 1.54) is 0 Å². The summed E-state index contributed by atoms with van der Waals surface area (Å²) in [5, 5.41) is 10.7. The molecule has 2 aromatic rings. The zero-order valence-electron chi connectivity index (χ0n) is 19.7. The van der Waals surface area contributed by atoms with Crippen LogP contribution in [-0.4, -0.2) is 37.8 Å². The first-order valence-electron chi connectivity index (χ1n) is 11.2. The fraction of sp³-hybridized carbons (Fsp3) is 0.481. The lowest BCUT2D eigenvalue weighted by molar-refractivity contribution is -0.138. The lowest BCUT2D eigenvalue weighted by Crippen LogP contribution is -2.58. The molecule has 2 aromatic carbocycles. The van der Waals surface area contributed by atoms with Crippen molar-refractivity contribution in [1.82, 2.24) is 0 Å². The van der Waals surface area contributed by atoms with Gasteiger partial charge in [0.05, 0.1) is 13.2 Å². The van der Waals surface area contributed by atoms with E-state index in [4.69, 9.17) is 18.9 Å². The Morgan fingerprint density at radius 1 is 1.09 bits per heavy atom. The summed E-state index contributed by atoms with van der Waals surface area (Å²) >= 11 is 0. The highest BCUT2D eigenvalue weighted by atomic mass is 16.7. The average molecular weight is 439 g/mol. The van der Waals surface area contributed by atoms with Crippen molar-refractivity contribution in [1.29, 1.82) is 0 Å². The number of hydrogen-bond donors (Lipinski definition) is 1. The van der Waals surface area contributed by atoms with Gasteiger partial charge in [0.1, 0.15) is 11.4 Å². The normalized spacial score (nSPS) is 26.2. The van der Waals surface area contributed by atoms with Crippen molar-refractivity contribution in [2.24, 2.45) is 11.3 Å². The first-order chi connectivity index (χ1) is 15.3. The first kappa shape index (κ1) is 22.7. The summed E-state index contributed by atoms with van der Waals surface area (Å²) in [5.41, 5.74) is 2.70.